The van der Waals surface area contributed by atoms with Gasteiger partial charge in [-0.2, -0.15) is 0 Å². The highest BCUT2D eigenvalue weighted by molar-refractivity contribution is 7.85. The Balaban J connectivity index is 1.48. The molecule has 2 N–H and O–H groups in total. The predicted molar refractivity (Wildman–Crippen MR) is 115 cm³/mol. The van der Waals surface area contributed by atoms with E-state index in [1.165, 1.54) is 5.56 Å². The van der Waals surface area contributed by atoms with E-state index in [0.29, 0.717) is 5.56 Å². The van der Waals surface area contributed by atoms with Crippen molar-refractivity contribution in [3.63, 3.8) is 0 Å². The lowest BCUT2D eigenvalue weighted by Gasteiger charge is -2.26. The van der Waals surface area contributed by atoms with Gasteiger partial charge in [0.2, 0.25) is 0 Å². The summed E-state index contributed by atoms with van der Waals surface area (Å²) in [5.41, 5.74) is 4.48. The van der Waals surface area contributed by atoms with Crippen molar-refractivity contribution in [3.05, 3.63) is 70.5 Å². The minimum absolute atomic E-state index is 0.0909. The van der Waals surface area contributed by atoms with Crippen LogP contribution < -0.4 is 5.56 Å². The fourth-order valence-electron chi connectivity index (χ4n) is 3.87. The summed E-state index contributed by atoms with van der Waals surface area (Å²) in [6.45, 7) is 2.63. The summed E-state index contributed by atoms with van der Waals surface area (Å²) in [7, 11) is -0.651. The number of hydrogen-bond acceptors (Lipinski definition) is 3. The second-order valence-electron chi connectivity index (χ2n) is 7.33. The van der Waals surface area contributed by atoms with E-state index in [0.717, 1.165) is 58.6 Å². The van der Waals surface area contributed by atoms with Gasteiger partial charge in [0.15, 0.2) is 0 Å². The smallest absolute Gasteiger partial charge is 0.257 e. The van der Waals surface area contributed by atoms with Crippen LogP contribution in [0.25, 0.3) is 33.1 Å². The number of nitrogens with one attached hydrogen (secondary N) is 2. The molecule has 0 bridgehead atoms. The van der Waals surface area contributed by atoms with Crippen molar-refractivity contribution in [3.8, 4) is 11.3 Å². The first-order chi connectivity index (χ1) is 13.7. The second kappa shape index (κ2) is 7.04. The van der Waals surface area contributed by atoms with Gasteiger partial charge in [-0.05, 0) is 41.3 Å². The lowest BCUT2D eigenvalue weighted by atomic mass is 10.1. The lowest BCUT2D eigenvalue weighted by Crippen LogP contribution is -2.37. The van der Waals surface area contributed by atoms with Crippen molar-refractivity contribution in [2.45, 2.75) is 6.54 Å². The lowest BCUT2D eigenvalue weighted by molar-refractivity contribution is 0.291. The van der Waals surface area contributed by atoms with Gasteiger partial charge in [0.25, 0.3) is 5.56 Å². The Hall–Kier alpha value is -2.70. The quantitative estimate of drug-likeness (QED) is 0.563. The zero-order valence-electron chi connectivity index (χ0n) is 15.4. The van der Waals surface area contributed by atoms with Crippen LogP contribution in [0.4, 0.5) is 0 Å². The molecule has 4 aromatic rings. The molecule has 0 aliphatic carbocycles. The first kappa shape index (κ1) is 17.4. The van der Waals surface area contributed by atoms with Crippen molar-refractivity contribution in [1.29, 1.82) is 0 Å². The van der Waals surface area contributed by atoms with Gasteiger partial charge in [-0.1, -0.05) is 24.3 Å². The first-order valence-corrected chi connectivity index (χ1v) is 11.0. The summed E-state index contributed by atoms with van der Waals surface area (Å²) >= 11 is 0. The van der Waals surface area contributed by atoms with Gasteiger partial charge in [-0.15, -0.1) is 0 Å². The molecule has 0 spiro atoms. The number of fused-ring (bicyclic) bond motifs is 2. The van der Waals surface area contributed by atoms with Crippen molar-refractivity contribution in [2.75, 3.05) is 24.6 Å². The maximum Gasteiger partial charge on any atom is 0.257 e. The summed E-state index contributed by atoms with van der Waals surface area (Å²) in [6, 6.07) is 18.2. The molecule has 0 unspecified atom stereocenters. The number of benzene rings is 2. The molecule has 5 rings (SSSR count). The van der Waals surface area contributed by atoms with E-state index in [1.54, 1.807) is 0 Å². The van der Waals surface area contributed by atoms with E-state index in [9.17, 15) is 9.00 Å². The Morgan fingerprint density at radius 2 is 1.68 bits per heavy atom. The van der Waals surface area contributed by atoms with Crippen LogP contribution in [0.1, 0.15) is 5.56 Å². The van der Waals surface area contributed by atoms with Crippen LogP contribution in [-0.2, 0) is 17.3 Å². The van der Waals surface area contributed by atoms with Gasteiger partial charge in [-0.25, -0.2) is 0 Å². The molecule has 142 valence electrons. The van der Waals surface area contributed by atoms with Gasteiger partial charge in [0, 0.05) is 58.4 Å². The maximum absolute atomic E-state index is 12.6. The Labute approximate surface area is 164 Å². The Bertz CT molecular complexity index is 1250. The van der Waals surface area contributed by atoms with Crippen LogP contribution >= 0.6 is 0 Å². The number of para-hydroxylation sites is 1. The molecule has 1 aliphatic rings. The number of H-pyrrole nitrogens is 2. The predicted octanol–water partition coefficient (Wildman–Crippen LogP) is 3.24. The molecule has 0 saturated carbocycles. The zero-order chi connectivity index (χ0) is 19.1. The molecule has 0 amide bonds. The SMILES string of the molecule is O=c1[nH]c2ccccc2cc1-c1cc2cc(CN3CCS(=O)CC3)ccc2[nH]1. The highest BCUT2D eigenvalue weighted by atomic mass is 32.2. The van der Waals surface area contributed by atoms with Crippen LogP contribution in [0, 0.1) is 0 Å². The van der Waals surface area contributed by atoms with Crippen LogP contribution in [0.3, 0.4) is 0 Å². The zero-order valence-corrected chi connectivity index (χ0v) is 16.2. The monoisotopic (exact) mass is 391 g/mol. The molecule has 2 aromatic carbocycles. The molecule has 5 nitrogen and oxygen atoms in total. The number of rotatable bonds is 3. The molecule has 28 heavy (non-hydrogen) atoms. The summed E-state index contributed by atoms with van der Waals surface area (Å²) in [4.78, 5) is 21.3. The largest absolute Gasteiger partial charge is 0.354 e. The fraction of sp³-hybridized carbons (Fsp3) is 0.227. The number of aromatic nitrogens is 2. The molecule has 2 aromatic heterocycles. The third-order valence-electron chi connectivity index (χ3n) is 5.41. The molecule has 6 heteroatoms. The van der Waals surface area contributed by atoms with Gasteiger partial charge >= 0.3 is 0 Å². The Kier molecular flexibility index (Phi) is 4.37. The van der Waals surface area contributed by atoms with Crippen molar-refractivity contribution < 1.29 is 4.21 Å². The average Bonchev–Trinajstić information content (AvgIpc) is 3.12. The topological polar surface area (TPSA) is 69.0 Å². The Morgan fingerprint density at radius 3 is 2.54 bits per heavy atom. The molecule has 0 atom stereocenters. The van der Waals surface area contributed by atoms with Crippen LogP contribution in [0.15, 0.2) is 59.4 Å². The highest BCUT2D eigenvalue weighted by Crippen LogP contribution is 2.25. The van der Waals surface area contributed by atoms with Gasteiger partial charge in [0.05, 0.1) is 11.3 Å². The minimum atomic E-state index is -0.651. The minimum Gasteiger partial charge on any atom is -0.354 e. The summed E-state index contributed by atoms with van der Waals surface area (Å²) in [6.07, 6.45) is 0. The second-order valence-corrected chi connectivity index (χ2v) is 9.02. The van der Waals surface area contributed by atoms with Crippen molar-refractivity contribution in [1.82, 2.24) is 14.9 Å². The highest BCUT2D eigenvalue weighted by Gasteiger charge is 2.15. The van der Waals surface area contributed by atoms with E-state index >= 15 is 0 Å². The number of nitrogens with zero attached hydrogens (tertiary/aromatic N) is 1. The molecular formula is C22H21N3O2S. The summed E-state index contributed by atoms with van der Waals surface area (Å²) < 4.78 is 11.5. The molecule has 1 aliphatic heterocycles. The van der Waals surface area contributed by atoms with Crippen molar-refractivity contribution >= 4 is 32.6 Å². The van der Waals surface area contributed by atoms with Gasteiger partial charge < -0.3 is 9.97 Å². The first-order valence-electron chi connectivity index (χ1n) is 9.47. The third kappa shape index (κ3) is 3.30. The summed E-state index contributed by atoms with van der Waals surface area (Å²) in [5.74, 6) is 1.53. The standard InChI is InChI=1S/C22H21N3O2S/c26-22-18(12-16-3-1-2-4-19(16)24-22)21-13-17-11-15(5-6-20(17)23-21)14-25-7-9-28(27)10-8-25/h1-6,11-13,23H,7-10,14H2,(H,24,26). The molecular weight excluding hydrogens is 370 g/mol. The number of hydrogen-bond donors (Lipinski definition) is 2. The van der Waals surface area contributed by atoms with E-state index in [4.69, 9.17) is 0 Å². The van der Waals surface area contributed by atoms with Crippen LogP contribution in [0.5, 0.6) is 0 Å². The number of pyridine rings is 1. The fourth-order valence-corrected chi connectivity index (χ4v) is 4.99. The van der Waals surface area contributed by atoms with Gasteiger partial charge in [0.1, 0.15) is 0 Å². The third-order valence-corrected chi connectivity index (χ3v) is 6.68. The molecule has 1 saturated heterocycles. The molecule has 3 heterocycles. The molecule has 0 radical (unpaired) electrons. The van der Waals surface area contributed by atoms with E-state index < -0.39 is 10.8 Å². The number of aromatic amines is 2. The summed E-state index contributed by atoms with van der Waals surface area (Å²) in [5, 5.41) is 2.11. The molecule has 1 fully saturated rings. The van der Waals surface area contributed by atoms with E-state index in [1.807, 2.05) is 36.4 Å². The van der Waals surface area contributed by atoms with Gasteiger partial charge in [-0.3, -0.25) is 13.9 Å². The van der Waals surface area contributed by atoms with Crippen LogP contribution in [-0.4, -0.2) is 43.7 Å². The normalized spacial score (nSPS) is 16.1. The van der Waals surface area contributed by atoms with E-state index in [2.05, 4.69) is 33.1 Å². The average molecular weight is 391 g/mol. The van der Waals surface area contributed by atoms with E-state index in [-0.39, 0.29) is 5.56 Å². The van der Waals surface area contributed by atoms with Crippen LogP contribution in [0.2, 0.25) is 0 Å². The maximum atomic E-state index is 12.6. The Morgan fingerprint density at radius 1 is 0.893 bits per heavy atom. The van der Waals surface area contributed by atoms with Crippen molar-refractivity contribution in [2.24, 2.45) is 0 Å².